The Bertz CT molecular complexity index is 1060. The summed E-state index contributed by atoms with van der Waals surface area (Å²) in [7, 11) is -3.66. The minimum absolute atomic E-state index is 0.103. The zero-order chi connectivity index (χ0) is 21.2. The third kappa shape index (κ3) is 5.00. The van der Waals surface area contributed by atoms with E-state index in [1.807, 2.05) is 39.0 Å². The van der Waals surface area contributed by atoms with Crippen molar-refractivity contribution in [1.82, 2.24) is 0 Å². The predicted molar refractivity (Wildman–Crippen MR) is 116 cm³/mol. The Morgan fingerprint density at radius 1 is 1.17 bits per heavy atom. The molecule has 2 aromatic rings. The van der Waals surface area contributed by atoms with Gasteiger partial charge >= 0.3 is 0 Å². The molecule has 8 heteroatoms. The van der Waals surface area contributed by atoms with Gasteiger partial charge in [-0.2, -0.15) is 0 Å². The Kier molecular flexibility index (Phi) is 6.33. The molecule has 0 aromatic heterocycles. The lowest BCUT2D eigenvalue weighted by Gasteiger charge is -2.23. The molecular formula is C21H24N2O4S2. The van der Waals surface area contributed by atoms with Gasteiger partial charge in [-0.05, 0) is 55.7 Å². The van der Waals surface area contributed by atoms with Crippen LogP contribution in [0, 0.1) is 13.8 Å². The van der Waals surface area contributed by atoms with Gasteiger partial charge in [-0.3, -0.25) is 9.59 Å². The molecule has 29 heavy (non-hydrogen) atoms. The summed E-state index contributed by atoms with van der Waals surface area (Å²) in [5.74, 6) is -0.774. The number of anilines is 2. The van der Waals surface area contributed by atoms with Crippen LogP contribution in [0.2, 0.25) is 0 Å². The molecule has 1 heterocycles. The molecule has 1 atom stereocenters. The Morgan fingerprint density at radius 3 is 2.66 bits per heavy atom. The molecule has 6 nitrogen and oxygen atoms in total. The SMILES string of the molecule is CC[C@H]1Sc2ccc(S(=O)(=O)CCC(=O)Nc3cc(C)ccc3C)cc2NC1=O. The number of amides is 2. The molecule has 0 aliphatic carbocycles. The second kappa shape index (κ2) is 8.59. The quantitative estimate of drug-likeness (QED) is 0.722. The van der Waals surface area contributed by atoms with Gasteiger partial charge in [-0.25, -0.2) is 8.42 Å². The predicted octanol–water partition coefficient (Wildman–Crippen LogP) is 3.93. The maximum Gasteiger partial charge on any atom is 0.237 e. The lowest BCUT2D eigenvalue weighted by Crippen LogP contribution is -2.28. The number of benzene rings is 2. The third-order valence-electron chi connectivity index (χ3n) is 4.77. The van der Waals surface area contributed by atoms with E-state index in [1.54, 1.807) is 6.07 Å². The van der Waals surface area contributed by atoms with Crippen molar-refractivity contribution in [1.29, 1.82) is 0 Å². The highest BCUT2D eigenvalue weighted by Crippen LogP contribution is 2.38. The summed E-state index contributed by atoms with van der Waals surface area (Å²) >= 11 is 1.44. The van der Waals surface area contributed by atoms with Gasteiger partial charge < -0.3 is 10.6 Å². The van der Waals surface area contributed by atoms with Gasteiger partial charge in [0.1, 0.15) is 0 Å². The summed E-state index contributed by atoms with van der Waals surface area (Å²) in [6.45, 7) is 5.74. The van der Waals surface area contributed by atoms with Crippen molar-refractivity contribution in [3.8, 4) is 0 Å². The molecule has 2 amide bonds. The van der Waals surface area contributed by atoms with Crippen LogP contribution < -0.4 is 10.6 Å². The zero-order valence-electron chi connectivity index (χ0n) is 16.6. The highest BCUT2D eigenvalue weighted by atomic mass is 32.2. The van der Waals surface area contributed by atoms with E-state index in [0.717, 1.165) is 16.0 Å². The molecule has 2 aromatic carbocycles. The lowest BCUT2D eigenvalue weighted by molar-refractivity contribution is -0.116. The Balaban J connectivity index is 1.68. The summed E-state index contributed by atoms with van der Waals surface area (Å²) < 4.78 is 25.4. The molecular weight excluding hydrogens is 408 g/mol. The normalized spacial score (nSPS) is 16.1. The van der Waals surface area contributed by atoms with Gasteiger partial charge in [-0.1, -0.05) is 19.1 Å². The van der Waals surface area contributed by atoms with Crippen molar-refractivity contribution in [3.63, 3.8) is 0 Å². The van der Waals surface area contributed by atoms with Crippen LogP contribution in [-0.4, -0.2) is 31.2 Å². The van der Waals surface area contributed by atoms with E-state index in [4.69, 9.17) is 0 Å². The van der Waals surface area contributed by atoms with Gasteiger partial charge in [0, 0.05) is 17.0 Å². The standard InChI is InChI=1S/C21H24N2O4S2/c1-4-18-21(25)23-17-12-15(7-8-19(17)28-18)29(26,27)10-9-20(24)22-16-11-13(2)5-6-14(16)3/h5-8,11-12,18H,4,9-10H2,1-3H3,(H,22,24)(H,23,25)/t18-/m1/s1. The number of carbonyl (C=O) groups excluding carboxylic acids is 2. The first-order chi connectivity index (χ1) is 13.7. The highest BCUT2D eigenvalue weighted by Gasteiger charge is 2.27. The number of nitrogens with one attached hydrogen (secondary N) is 2. The second-order valence-corrected chi connectivity index (χ2v) is 10.5. The molecule has 3 rings (SSSR count). The van der Waals surface area contributed by atoms with Crippen molar-refractivity contribution in [2.75, 3.05) is 16.4 Å². The van der Waals surface area contributed by atoms with E-state index in [-0.39, 0.29) is 34.1 Å². The number of aryl methyl sites for hydroxylation is 2. The topological polar surface area (TPSA) is 92.3 Å². The highest BCUT2D eigenvalue weighted by molar-refractivity contribution is 8.01. The van der Waals surface area contributed by atoms with Gasteiger partial charge in [0.25, 0.3) is 0 Å². The molecule has 154 valence electrons. The average molecular weight is 433 g/mol. The van der Waals surface area contributed by atoms with Gasteiger partial charge in [0.2, 0.25) is 11.8 Å². The molecule has 0 fully saturated rings. The van der Waals surface area contributed by atoms with E-state index in [1.165, 1.54) is 23.9 Å². The van der Waals surface area contributed by atoms with E-state index in [9.17, 15) is 18.0 Å². The number of rotatable bonds is 6. The molecule has 0 unspecified atom stereocenters. The van der Waals surface area contributed by atoms with Gasteiger partial charge in [0.05, 0.1) is 21.6 Å². The monoisotopic (exact) mass is 432 g/mol. The summed E-state index contributed by atoms with van der Waals surface area (Å²) in [4.78, 5) is 25.3. The number of carbonyl (C=O) groups is 2. The maximum atomic E-state index is 12.7. The number of hydrogen-bond acceptors (Lipinski definition) is 5. The van der Waals surface area contributed by atoms with Crippen LogP contribution >= 0.6 is 11.8 Å². The summed E-state index contributed by atoms with van der Waals surface area (Å²) in [5.41, 5.74) is 3.12. The van der Waals surface area contributed by atoms with Crippen LogP contribution in [0.5, 0.6) is 0 Å². The Hall–Kier alpha value is -2.32. The molecule has 2 N–H and O–H groups in total. The molecule has 1 aliphatic rings. The van der Waals surface area contributed by atoms with Gasteiger partial charge in [-0.15, -0.1) is 11.8 Å². The number of thioether (sulfide) groups is 1. The van der Waals surface area contributed by atoms with Crippen molar-refractivity contribution < 1.29 is 18.0 Å². The largest absolute Gasteiger partial charge is 0.326 e. The van der Waals surface area contributed by atoms with Crippen LogP contribution in [0.3, 0.4) is 0 Å². The first-order valence-corrected chi connectivity index (χ1v) is 11.9. The number of sulfone groups is 1. The van der Waals surface area contributed by atoms with E-state index in [0.29, 0.717) is 17.8 Å². The molecule has 0 bridgehead atoms. The summed E-state index contributed by atoms with van der Waals surface area (Å²) in [6.07, 6.45) is 0.553. The summed E-state index contributed by atoms with van der Waals surface area (Å²) in [6, 6.07) is 10.4. The number of fused-ring (bicyclic) bond motifs is 1. The molecule has 0 saturated heterocycles. The summed E-state index contributed by atoms with van der Waals surface area (Å²) in [5, 5.41) is 5.39. The van der Waals surface area contributed by atoms with Crippen LogP contribution in [0.1, 0.15) is 30.9 Å². The van der Waals surface area contributed by atoms with Crippen LogP contribution in [-0.2, 0) is 19.4 Å². The fourth-order valence-corrected chi connectivity index (χ4v) is 5.31. The Labute approximate surface area is 175 Å². The fraction of sp³-hybridized carbons (Fsp3) is 0.333. The second-order valence-electron chi connectivity index (χ2n) is 7.10. The van der Waals surface area contributed by atoms with Crippen molar-refractivity contribution in [2.45, 2.75) is 48.7 Å². The minimum Gasteiger partial charge on any atom is -0.326 e. The molecule has 0 radical (unpaired) electrons. The first kappa shape index (κ1) is 21.4. The smallest absolute Gasteiger partial charge is 0.237 e. The maximum absolute atomic E-state index is 12.7. The van der Waals surface area contributed by atoms with Crippen LogP contribution in [0.15, 0.2) is 46.2 Å². The molecule has 0 saturated carbocycles. The van der Waals surface area contributed by atoms with E-state index < -0.39 is 9.84 Å². The fourth-order valence-electron chi connectivity index (χ4n) is 3.02. The van der Waals surface area contributed by atoms with E-state index >= 15 is 0 Å². The van der Waals surface area contributed by atoms with E-state index in [2.05, 4.69) is 10.6 Å². The van der Waals surface area contributed by atoms with Crippen LogP contribution in [0.25, 0.3) is 0 Å². The van der Waals surface area contributed by atoms with Crippen molar-refractivity contribution >= 4 is 44.8 Å². The third-order valence-corrected chi connectivity index (χ3v) is 7.92. The van der Waals surface area contributed by atoms with Crippen molar-refractivity contribution in [3.05, 3.63) is 47.5 Å². The Morgan fingerprint density at radius 2 is 1.93 bits per heavy atom. The zero-order valence-corrected chi connectivity index (χ0v) is 18.2. The first-order valence-electron chi connectivity index (χ1n) is 9.41. The van der Waals surface area contributed by atoms with Gasteiger partial charge in [0.15, 0.2) is 9.84 Å². The average Bonchev–Trinajstić information content (AvgIpc) is 2.68. The van der Waals surface area contributed by atoms with Crippen LogP contribution in [0.4, 0.5) is 11.4 Å². The molecule has 0 spiro atoms. The minimum atomic E-state index is -3.66. The van der Waals surface area contributed by atoms with Crippen molar-refractivity contribution in [2.24, 2.45) is 0 Å². The molecule has 1 aliphatic heterocycles. The number of hydrogen-bond donors (Lipinski definition) is 2. The lowest BCUT2D eigenvalue weighted by atomic mass is 10.1.